The molecular formula is C9H19BrOSi. The summed E-state index contributed by atoms with van der Waals surface area (Å²) in [4.78, 5) is 0. The van der Waals surface area contributed by atoms with Crippen LogP contribution in [0.4, 0.5) is 0 Å². The summed E-state index contributed by atoms with van der Waals surface area (Å²) in [5.74, 6) is 0.844. The van der Waals surface area contributed by atoms with Gasteiger partial charge in [-0.3, -0.25) is 0 Å². The number of aliphatic hydroxyl groups excluding tert-OH is 1. The summed E-state index contributed by atoms with van der Waals surface area (Å²) in [7, 11) is -1.03. The molecule has 0 aromatic rings. The molecule has 2 unspecified atom stereocenters. The summed E-state index contributed by atoms with van der Waals surface area (Å²) in [6.45, 7) is 7.60. The quantitative estimate of drug-likeness (QED) is 0.601. The van der Waals surface area contributed by atoms with Crippen LogP contribution in [0.3, 0.4) is 0 Å². The van der Waals surface area contributed by atoms with Crippen molar-refractivity contribution in [3.8, 4) is 0 Å². The van der Waals surface area contributed by atoms with Gasteiger partial charge in [-0.2, -0.15) is 0 Å². The van der Waals surface area contributed by atoms with E-state index in [4.69, 9.17) is 5.11 Å². The first-order valence-electron chi connectivity index (χ1n) is 4.71. The Labute approximate surface area is 84.7 Å². The third-order valence-corrected chi connectivity index (χ3v) is 10.6. The fourth-order valence-electron chi connectivity index (χ4n) is 1.89. The second-order valence-corrected chi connectivity index (χ2v) is 12.4. The van der Waals surface area contributed by atoms with Crippen molar-refractivity contribution in [1.29, 1.82) is 0 Å². The molecule has 0 aliphatic heterocycles. The minimum Gasteiger partial charge on any atom is -0.396 e. The first-order valence-corrected chi connectivity index (χ1v) is 9.01. The highest BCUT2D eigenvalue weighted by atomic mass is 79.9. The minimum absolute atomic E-state index is 0.352. The van der Waals surface area contributed by atoms with Gasteiger partial charge in [0, 0.05) is 10.6 Å². The summed E-state index contributed by atoms with van der Waals surface area (Å²) in [5, 5.41) is 8.71. The van der Waals surface area contributed by atoms with Gasteiger partial charge in [-0.25, -0.2) is 0 Å². The number of rotatable bonds is 4. The van der Waals surface area contributed by atoms with Crippen molar-refractivity contribution in [3.63, 3.8) is 0 Å². The fraction of sp³-hybridized carbons (Fsp3) is 1.00. The smallest absolute Gasteiger partial charge is 0.0638 e. The Balaban J connectivity index is 2.38. The topological polar surface area (TPSA) is 20.2 Å². The Morgan fingerprint density at radius 2 is 2.08 bits per heavy atom. The number of aliphatic hydroxyl groups is 1. The molecular weight excluding hydrogens is 232 g/mol. The lowest BCUT2D eigenvalue weighted by Crippen LogP contribution is -2.37. The fourth-order valence-corrected chi connectivity index (χ4v) is 4.73. The molecule has 0 spiro atoms. The lowest BCUT2D eigenvalue weighted by atomic mass is 10.2. The van der Waals surface area contributed by atoms with Crippen LogP contribution in [-0.2, 0) is 0 Å². The number of halogens is 1. The number of alkyl halides is 1. The van der Waals surface area contributed by atoms with Gasteiger partial charge in [0.15, 0.2) is 0 Å². The monoisotopic (exact) mass is 250 g/mol. The predicted octanol–water partition coefficient (Wildman–Crippen LogP) is 2.79. The molecule has 2 atom stereocenters. The van der Waals surface area contributed by atoms with Crippen LogP contribution in [0, 0.1) is 5.92 Å². The maximum absolute atomic E-state index is 8.71. The van der Waals surface area contributed by atoms with E-state index in [1.807, 2.05) is 0 Å². The van der Waals surface area contributed by atoms with Crippen molar-refractivity contribution in [3.05, 3.63) is 0 Å². The maximum atomic E-state index is 8.71. The van der Waals surface area contributed by atoms with E-state index in [-0.39, 0.29) is 0 Å². The molecule has 1 N–H and O–H groups in total. The molecule has 0 aromatic heterocycles. The van der Waals surface area contributed by atoms with Crippen molar-refractivity contribution in [2.24, 2.45) is 5.92 Å². The van der Waals surface area contributed by atoms with Gasteiger partial charge in [0.05, 0.1) is 8.07 Å². The molecule has 0 heterocycles. The van der Waals surface area contributed by atoms with Gasteiger partial charge in [-0.05, 0) is 25.2 Å². The Kier molecular flexibility index (Phi) is 3.07. The van der Waals surface area contributed by atoms with E-state index in [0.29, 0.717) is 10.6 Å². The molecule has 0 saturated heterocycles. The molecule has 12 heavy (non-hydrogen) atoms. The zero-order chi connectivity index (χ0) is 9.41. The van der Waals surface area contributed by atoms with E-state index in [1.54, 1.807) is 0 Å². The number of hydrogen-bond acceptors (Lipinski definition) is 1. The Bertz CT molecular complexity index is 166. The van der Waals surface area contributed by atoms with E-state index in [1.165, 1.54) is 12.8 Å². The molecule has 1 aliphatic carbocycles. The Hall–Kier alpha value is 0.657. The van der Waals surface area contributed by atoms with Crippen LogP contribution in [0.15, 0.2) is 0 Å². The van der Waals surface area contributed by atoms with E-state index >= 15 is 0 Å². The van der Waals surface area contributed by atoms with Crippen LogP contribution in [0.1, 0.15) is 19.3 Å². The van der Waals surface area contributed by atoms with Gasteiger partial charge in [0.25, 0.3) is 0 Å². The molecule has 1 nitrogen and oxygen atoms in total. The summed E-state index contributed by atoms with van der Waals surface area (Å²) in [6.07, 6.45) is 3.51. The molecule has 1 aliphatic rings. The molecule has 0 aromatic carbocycles. The van der Waals surface area contributed by atoms with Crippen LogP contribution in [-0.4, -0.2) is 23.7 Å². The number of hydrogen-bond donors (Lipinski definition) is 1. The maximum Gasteiger partial charge on any atom is 0.0638 e. The van der Waals surface area contributed by atoms with Crippen molar-refractivity contribution >= 4 is 24.0 Å². The first-order chi connectivity index (χ1) is 5.42. The van der Waals surface area contributed by atoms with Crippen LogP contribution >= 0.6 is 15.9 Å². The van der Waals surface area contributed by atoms with E-state index < -0.39 is 8.07 Å². The summed E-state index contributed by atoms with van der Waals surface area (Å²) < 4.78 is 0.495. The van der Waals surface area contributed by atoms with E-state index in [0.717, 1.165) is 12.3 Å². The molecule has 3 heteroatoms. The molecule has 1 rings (SSSR count). The van der Waals surface area contributed by atoms with Crippen LogP contribution < -0.4 is 0 Å². The van der Waals surface area contributed by atoms with Crippen LogP contribution in [0.2, 0.25) is 19.6 Å². The zero-order valence-electron chi connectivity index (χ0n) is 8.23. The van der Waals surface area contributed by atoms with Gasteiger partial charge < -0.3 is 5.11 Å². The normalized spacial score (nSPS) is 35.2. The van der Waals surface area contributed by atoms with Crippen LogP contribution in [0.5, 0.6) is 0 Å². The third kappa shape index (κ3) is 1.94. The van der Waals surface area contributed by atoms with Crippen molar-refractivity contribution in [2.75, 3.05) is 6.61 Å². The first kappa shape index (κ1) is 10.7. The van der Waals surface area contributed by atoms with Gasteiger partial charge >= 0.3 is 0 Å². The predicted molar refractivity (Wildman–Crippen MR) is 59.4 cm³/mol. The molecule has 72 valence electrons. The lowest BCUT2D eigenvalue weighted by Gasteiger charge is -2.24. The van der Waals surface area contributed by atoms with E-state index in [2.05, 4.69) is 35.6 Å². The van der Waals surface area contributed by atoms with Gasteiger partial charge in [-0.1, -0.05) is 35.6 Å². The molecule has 0 bridgehead atoms. The zero-order valence-corrected chi connectivity index (χ0v) is 10.8. The van der Waals surface area contributed by atoms with Crippen molar-refractivity contribution in [1.82, 2.24) is 0 Å². The van der Waals surface area contributed by atoms with Gasteiger partial charge in [-0.15, -0.1) is 0 Å². The van der Waals surface area contributed by atoms with Gasteiger partial charge in [0.1, 0.15) is 0 Å². The Morgan fingerprint density at radius 1 is 1.50 bits per heavy atom. The van der Waals surface area contributed by atoms with Gasteiger partial charge in [0.2, 0.25) is 0 Å². The average molecular weight is 251 g/mol. The summed E-state index contributed by atoms with van der Waals surface area (Å²) >= 11 is 3.89. The van der Waals surface area contributed by atoms with E-state index in [9.17, 15) is 0 Å². The summed E-state index contributed by atoms with van der Waals surface area (Å²) in [6, 6.07) is 0. The third-order valence-electron chi connectivity index (χ3n) is 2.99. The average Bonchev–Trinajstić information content (AvgIpc) is 2.58. The van der Waals surface area contributed by atoms with Crippen molar-refractivity contribution < 1.29 is 5.11 Å². The highest BCUT2D eigenvalue weighted by molar-refractivity contribution is 9.10. The Morgan fingerprint density at radius 3 is 2.42 bits per heavy atom. The molecule has 0 amide bonds. The highest BCUT2D eigenvalue weighted by Gasteiger charge is 2.59. The second-order valence-electron chi connectivity index (χ2n) is 4.88. The SMILES string of the molecule is C[Si](C)(C)C1(Br)CC1CCCO. The standard InChI is InChI=1S/C9H19BrOSi/c1-12(2,3)9(10)7-8(9)5-4-6-11/h8,11H,4-7H2,1-3H3. The molecule has 0 radical (unpaired) electrons. The van der Waals surface area contributed by atoms with Crippen molar-refractivity contribution in [2.45, 2.75) is 42.9 Å². The summed E-state index contributed by atoms with van der Waals surface area (Å²) in [5.41, 5.74) is 0. The molecule has 1 fully saturated rings. The second kappa shape index (κ2) is 3.43. The minimum atomic E-state index is -1.03. The van der Waals surface area contributed by atoms with Crippen LogP contribution in [0.25, 0.3) is 0 Å². The lowest BCUT2D eigenvalue weighted by molar-refractivity contribution is 0.281. The molecule has 1 saturated carbocycles. The highest BCUT2D eigenvalue weighted by Crippen LogP contribution is 2.58. The largest absolute Gasteiger partial charge is 0.396 e.